The van der Waals surface area contributed by atoms with Crippen LogP contribution in [-0.2, 0) is 13.0 Å². The minimum atomic E-state index is 0.558. The zero-order valence-corrected chi connectivity index (χ0v) is 18.3. The highest BCUT2D eigenvalue weighted by Gasteiger charge is 2.10. The summed E-state index contributed by atoms with van der Waals surface area (Å²) in [5.74, 6) is 0. The molecule has 4 aromatic rings. The molecule has 4 rings (SSSR count). The van der Waals surface area contributed by atoms with Gasteiger partial charge in [0.25, 0.3) is 0 Å². The number of aryl methyl sites for hydroxylation is 2. The van der Waals surface area contributed by atoms with E-state index in [2.05, 4.69) is 53.3 Å². The Hall–Kier alpha value is -2.33. The van der Waals surface area contributed by atoms with Crippen LogP contribution < -0.4 is 4.80 Å². The smallest absolute Gasteiger partial charge is 0.190 e. The number of halogens is 2. The standard InChI is InChI=1S/C24H20Cl2N2S/c1-17-6-5-9-20(14-17)27-24-28(13-12-18-7-3-2-4-8-18)23(16-29-24)19-10-11-21(25)22(26)15-19/h2-11,14-16H,12-13H2,1H3. The van der Waals surface area contributed by atoms with E-state index >= 15 is 0 Å². The molecule has 2 nitrogen and oxygen atoms in total. The summed E-state index contributed by atoms with van der Waals surface area (Å²) in [7, 11) is 0. The Kier molecular flexibility index (Phi) is 6.19. The van der Waals surface area contributed by atoms with E-state index < -0.39 is 0 Å². The average molecular weight is 439 g/mol. The van der Waals surface area contributed by atoms with E-state index in [4.69, 9.17) is 28.2 Å². The third-order valence-corrected chi connectivity index (χ3v) is 6.31. The SMILES string of the molecule is Cc1cccc(N=c2scc(-c3ccc(Cl)c(Cl)c3)n2CCc2ccccc2)c1. The van der Waals surface area contributed by atoms with Gasteiger partial charge in [-0.3, -0.25) is 0 Å². The van der Waals surface area contributed by atoms with Crippen molar-refractivity contribution in [1.82, 2.24) is 4.57 Å². The van der Waals surface area contributed by atoms with Crippen molar-refractivity contribution in [2.45, 2.75) is 19.9 Å². The van der Waals surface area contributed by atoms with Gasteiger partial charge in [0.05, 0.1) is 21.4 Å². The van der Waals surface area contributed by atoms with E-state index in [0.29, 0.717) is 10.0 Å². The Morgan fingerprint density at radius 1 is 0.897 bits per heavy atom. The third kappa shape index (κ3) is 4.81. The number of thiazole rings is 1. The molecule has 1 aromatic heterocycles. The molecule has 0 fully saturated rings. The summed E-state index contributed by atoms with van der Waals surface area (Å²) in [5.41, 5.74) is 5.59. The minimum absolute atomic E-state index is 0.558. The Balaban J connectivity index is 1.78. The lowest BCUT2D eigenvalue weighted by atomic mass is 10.1. The number of hydrogen-bond donors (Lipinski definition) is 0. The van der Waals surface area contributed by atoms with Gasteiger partial charge in [0.1, 0.15) is 0 Å². The summed E-state index contributed by atoms with van der Waals surface area (Å²) >= 11 is 14.0. The molecule has 0 amide bonds. The molecule has 0 radical (unpaired) electrons. The molecule has 1 heterocycles. The second kappa shape index (κ2) is 9.00. The quantitative estimate of drug-likeness (QED) is 0.310. The zero-order chi connectivity index (χ0) is 20.2. The maximum atomic E-state index is 6.28. The second-order valence-corrected chi connectivity index (χ2v) is 8.52. The van der Waals surface area contributed by atoms with E-state index in [1.807, 2.05) is 36.4 Å². The van der Waals surface area contributed by atoms with Crippen LogP contribution in [0.25, 0.3) is 11.3 Å². The molecule has 0 spiro atoms. The van der Waals surface area contributed by atoms with E-state index in [1.54, 1.807) is 11.3 Å². The lowest BCUT2D eigenvalue weighted by Gasteiger charge is -2.10. The fourth-order valence-electron chi connectivity index (χ4n) is 3.21. The molecular weight excluding hydrogens is 419 g/mol. The fraction of sp³-hybridized carbons (Fsp3) is 0.125. The summed E-state index contributed by atoms with van der Waals surface area (Å²) in [6.07, 6.45) is 0.924. The topological polar surface area (TPSA) is 17.3 Å². The molecule has 0 bridgehead atoms. The van der Waals surface area contributed by atoms with Gasteiger partial charge in [0.15, 0.2) is 4.80 Å². The van der Waals surface area contributed by atoms with Crippen molar-refractivity contribution >= 4 is 40.2 Å². The molecule has 0 atom stereocenters. The van der Waals surface area contributed by atoms with Crippen molar-refractivity contribution in [3.63, 3.8) is 0 Å². The Morgan fingerprint density at radius 2 is 1.72 bits per heavy atom. The summed E-state index contributed by atoms with van der Waals surface area (Å²) in [5, 5.41) is 3.26. The number of rotatable bonds is 5. The average Bonchev–Trinajstić information content (AvgIpc) is 3.11. The van der Waals surface area contributed by atoms with E-state index in [9.17, 15) is 0 Å². The number of aromatic nitrogens is 1. The third-order valence-electron chi connectivity index (χ3n) is 4.71. The van der Waals surface area contributed by atoms with Crippen LogP contribution >= 0.6 is 34.5 Å². The molecule has 146 valence electrons. The van der Waals surface area contributed by atoms with Gasteiger partial charge in [-0.2, -0.15) is 0 Å². The number of nitrogens with zero attached hydrogens (tertiary/aromatic N) is 2. The van der Waals surface area contributed by atoms with Crippen LogP contribution in [0.4, 0.5) is 5.69 Å². The van der Waals surface area contributed by atoms with Crippen molar-refractivity contribution in [2.75, 3.05) is 0 Å². The van der Waals surface area contributed by atoms with Crippen LogP contribution in [-0.4, -0.2) is 4.57 Å². The first kappa shape index (κ1) is 20.0. The van der Waals surface area contributed by atoms with E-state index in [1.165, 1.54) is 11.1 Å². The minimum Gasteiger partial charge on any atom is -0.316 e. The van der Waals surface area contributed by atoms with Crippen LogP contribution in [0, 0.1) is 6.92 Å². The monoisotopic (exact) mass is 438 g/mol. The Morgan fingerprint density at radius 3 is 2.48 bits per heavy atom. The van der Waals surface area contributed by atoms with Gasteiger partial charge in [0.2, 0.25) is 0 Å². The van der Waals surface area contributed by atoms with Crippen molar-refractivity contribution in [1.29, 1.82) is 0 Å². The van der Waals surface area contributed by atoms with Crippen molar-refractivity contribution < 1.29 is 0 Å². The van der Waals surface area contributed by atoms with Crippen LogP contribution in [0.1, 0.15) is 11.1 Å². The summed E-state index contributed by atoms with van der Waals surface area (Å²) in [6.45, 7) is 2.91. The zero-order valence-electron chi connectivity index (χ0n) is 16.0. The molecule has 0 saturated carbocycles. The molecule has 29 heavy (non-hydrogen) atoms. The Labute approximate surface area is 184 Å². The molecule has 0 aliphatic rings. The van der Waals surface area contributed by atoms with Gasteiger partial charge in [-0.25, -0.2) is 4.99 Å². The number of benzene rings is 3. The summed E-state index contributed by atoms with van der Waals surface area (Å²) in [4.78, 5) is 5.89. The summed E-state index contributed by atoms with van der Waals surface area (Å²) in [6, 6.07) is 24.5. The molecule has 0 aliphatic carbocycles. The van der Waals surface area contributed by atoms with Crippen LogP contribution in [0.5, 0.6) is 0 Å². The van der Waals surface area contributed by atoms with Crippen LogP contribution in [0.2, 0.25) is 10.0 Å². The van der Waals surface area contributed by atoms with Gasteiger partial charge >= 0.3 is 0 Å². The molecule has 5 heteroatoms. The lowest BCUT2D eigenvalue weighted by Crippen LogP contribution is -2.17. The van der Waals surface area contributed by atoms with Crippen molar-refractivity contribution in [2.24, 2.45) is 4.99 Å². The highest BCUT2D eigenvalue weighted by atomic mass is 35.5. The van der Waals surface area contributed by atoms with E-state index in [-0.39, 0.29) is 0 Å². The summed E-state index contributed by atoms with van der Waals surface area (Å²) < 4.78 is 2.26. The number of hydrogen-bond acceptors (Lipinski definition) is 2. The lowest BCUT2D eigenvalue weighted by molar-refractivity contribution is 0.684. The Bertz CT molecular complexity index is 1190. The maximum Gasteiger partial charge on any atom is 0.190 e. The molecule has 0 aliphatic heterocycles. The van der Waals surface area contributed by atoms with Gasteiger partial charge < -0.3 is 4.57 Å². The highest BCUT2D eigenvalue weighted by molar-refractivity contribution is 7.07. The molecule has 0 saturated heterocycles. The maximum absolute atomic E-state index is 6.28. The molecule has 0 N–H and O–H groups in total. The fourth-order valence-corrected chi connectivity index (χ4v) is 4.47. The van der Waals surface area contributed by atoms with Gasteiger partial charge in [-0.05, 0) is 48.7 Å². The molecular formula is C24H20Cl2N2S. The van der Waals surface area contributed by atoms with Gasteiger partial charge in [-0.1, -0.05) is 71.7 Å². The first-order valence-corrected chi connectivity index (χ1v) is 11.0. The highest BCUT2D eigenvalue weighted by Crippen LogP contribution is 2.29. The first-order chi connectivity index (χ1) is 14.1. The second-order valence-electron chi connectivity index (χ2n) is 6.87. The molecule has 3 aromatic carbocycles. The normalized spacial score (nSPS) is 11.8. The largest absolute Gasteiger partial charge is 0.316 e. The predicted octanol–water partition coefficient (Wildman–Crippen LogP) is 7.31. The van der Waals surface area contributed by atoms with Crippen LogP contribution in [0.3, 0.4) is 0 Å². The van der Waals surface area contributed by atoms with Crippen molar-refractivity contribution in [3.8, 4) is 11.3 Å². The van der Waals surface area contributed by atoms with E-state index in [0.717, 1.165) is 34.7 Å². The van der Waals surface area contributed by atoms with Gasteiger partial charge in [-0.15, -0.1) is 11.3 Å². The molecule has 0 unspecified atom stereocenters. The predicted molar refractivity (Wildman–Crippen MR) is 124 cm³/mol. The van der Waals surface area contributed by atoms with Crippen molar-refractivity contribution in [3.05, 3.63) is 104 Å². The van der Waals surface area contributed by atoms with Crippen LogP contribution in [0.15, 0.2) is 83.2 Å². The van der Waals surface area contributed by atoms with Gasteiger partial charge in [0, 0.05) is 17.5 Å². The first-order valence-electron chi connectivity index (χ1n) is 9.39.